The minimum atomic E-state index is -0.251. The molecule has 2 aliphatic rings. The second-order valence-corrected chi connectivity index (χ2v) is 11.0. The van der Waals surface area contributed by atoms with Gasteiger partial charge in [-0.1, -0.05) is 74.1 Å². The van der Waals surface area contributed by atoms with Gasteiger partial charge in [0, 0.05) is 25.2 Å². The third-order valence-electron chi connectivity index (χ3n) is 6.97. The number of amides is 1. The van der Waals surface area contributed by atoms with Gasteiger partial charge in [0.25, 0.3) is 11.5 Å². The summed E-state index contributed by atoms with van der Waals surface area (Å²) in [6.07, 6.45) is 7.05. The number of hydrogen-bond acceptors (Lipinski definition) is 6. The third kappa shape index (κ3) is 5.00. The molecule has 1 aromatic carbocycles. The van der Waals surface area contributed by atoms with Crippen LogP contribution in [0.2, 0.25) is 0 Å². The van der Waals surface area contributed by atoms with Gasteiger partial charge >= 0.3 is 0 Å². The lowest BCUT2D eigenvalue weighted by atomic mass is 10.0. The molecule has 8 heteroatoms. The van der Waals surface area contributed by atoms with Crippen molar-refractivity contribution in [1.82, 2.24) is 9.47 Å². The summed E-state index contributed by atoms with van der Waals surface area (Å²) in [4.78, 5) is 31.4. The first kappa shape index (κ1) is 26.2. The summed E-state index contributed by atoms with van der Waals surface area (Å²) in [5, 5.41) is 9.86. The van der Waals surface area contributed by atoms with Crippen LogP contribution in [0.1, 0.15) is 74.2 Å². The Kier molecular flexibility index (Phi) is 8.32. The molecule has 4 rings (SSSR count). The molecule has 0 spiro atoms. The lowest BCUT2D eigenvalue weighted by molar-refractivity contribution is -0.123. The van der Waals surface area contributed by atoms with Gasteiger partial charge in [0.15, 0.2) is 0 Å². The Bertz CT molecular complexity index is 1290. The Morgan fingerprint density at radius 3 is 2.42 bits per heavy atom. The maximum Gasteiger partial charge on any atom is 0.270 e. The zero-order valence-electron chi connectivity index (χ0n) is 21.1. The van der Waals surface area contributed by atoms with Gasteiger partial charge in [0.1, 0.15) is 21.8 Å². The number of aromatic nitrogens is 1. The highest BCUT2D eigenvalue weighted by molar-refractivity contribution is 8.26. The van der Waals surface area contributed by atoms with E-state index < -0.39 is 0 Å². The zero-order valence-corrected chi connectivity index (χ0v) is 22.8. The van der Waals surface area contributed by atoms with E-state index in [0.29, 0.717) is 21.3 Å². The van der Waals surface area contributed by atoms with Crippen LogP contribution in [0.5, 0.6) is 0 Å². The van der Waals surface area contributed by atoms with Gasteiger partial charge in [0.05, 0.1) is 10.9 Å². The maximum atomic E-state index is 13.6. The fraction of sp³-hybridized carbons (Fsp3) is 0.429. The number of benzene rings is 1. The maximum absolute atomic E-state index is 13.6. The molecule has 0 N–H and O–H groups in total. The monoisotopic (exact) mass is 520 g/mol. The van der Waals surface area contributed by atoms with E-state index in [-0.39, 0.29) is 23.1 Å². The molecule has 3 heterocycles. The van der Waals surface area contributed by atoms with Crippen LogP contribution < -0.4 is 10.5 Å². The Labute approximate surface area is 222 Å². The SMILES string of the molecule is CCCn1c(N2CCCCCC2)c(/C=C2/SC(=S)N(C(C)c3ccccc3)C2=O)c(C)c(C#N)c1=O. The molecule has 1 atom stereocenters. The number of nitriles is 1. The van der Waals surface area contributed by atoms with E-state index >= 15 is 0 Å². The predicted octanol–water partition coefficient (Wildman–Crippen LogP) is 5.78. The number of pyridine rings is 1. The van der Waals surface area contributed by atoms with E-state index in [2.05, 4.69) is 11.0 Å². The molecule has 2 aromatic rings. The highest BCUT2D eigenvalue weighted by atomic mass is 32.2. The second-order valence-electron chi connectivity index (χ2n) is 9.35. The summed E-state index contributed by atoms with van der Waals surface area (Å²) in [6, 6.07) is 11.8. The summed E-state index contributed by atoms with van der Waals surface area (Å²) in [5.74, 6) is 0.677. The van der Waals surface area contributed by atoms with E-state index in [4.69, 9.17) is 12.2 Å². The van der Waals surface area contributed by atoms with Crippen molar-refractivity contribution in [1.29, 1.82) is 5.26 Å². The Hall–Kier alpha value is -2.89. The van der Waals surface area contributed by atoms with Crippen LogP contribution in [-0.2, 0) is 11.3 Å². The molecule has 1 aromatic heterocycles. The molecule has 2 saturated heterocycles. The van der Waals surface area contributed by atoms with E-state index in [1.807, 2.05) is 57.2 Å². The van der Waals surface area contributed by atoms with Crippen LogP contribution in [0.25, 0.3) is 6.08 Å². The van der Waals surface area contributed by atoms with Crippen molar-refractivity contribution >= 4 is 46.1 Å². The molecular formula is C28H32N4O2S2. The number of carbonyl (C=O) groups is 1. The smallest absolute Gasteiger partial charge is 0.270 e. The van der Waals surface area contributed by atoms with E-state index in [1.54, 1.807) is 9.47 Å². The van der Waals surface area contributed by atoms with Crippen LogP contribution in [0.4, 0.5) is 5.82 Å². The Morgan fingerprint density at radius 2 is 1.81 bits per heavy atom. The summed E-state index contributed by atoms with van der Waals surface area (Å²) in [7, 11) is 0. The molecule has 6 nitrogen and oxygen atoms in total. The highest BCUT2D eigenvalue weighted by Crippen LogP contribution is 2.40. The van der Waals surface area contributed by atoms with Crippen molar-refractivity contribution in [2.45, 2.75) is 65.5 Å². The van der Waals surface area contributed by atoms with Crippen molar-refractivity contribution in [3.8, 4) is 6.07 Å². The lowest BCUT2D eigenvalue weighted by Crippen LogP contribution is -2.35. The topological polar surface area (TPSA) is 69.3 Å². The van der Waals surface area contributed by atoms with Gasteiger partial charge in [-0.3, -0.25) is 19.1 Å². The van der Waals surface area contributed by atoms with Crippen LogP contribution in [0.3, 0.4) is 0 Å². The quantitative estimate of drug-likeness (QED) is 0.355. The average Bonchev–Trinajstić information content (AvgIpc) is 3.04. The number of rotatable bonds is 6. The average molecular weight is 521 g/mol. The number of thiocarbonyl (C=S) groups is 1. The molecule has 0 radical (unpaired) electrons. The van der Waals surface area contributed by atoms with E-state index in [9.17, 15) is 14.9 Å². The van der Waals surface area contributed by atoms with Crippen LogP contribution >= 0.6 is 24.0 Å². The van der Waals surface area contributed by atoms with Crippen LogP contribution in [0.15, 0.2) is 40.0 Å². The number of carbonyl (C=O) groups excluding carboxylic acids is 1. The second kappa shape index (κ2) is 11.4. The molecule has 2 aliphatic heterocycles. The van der Waals surface area contributed by atoms with Crippen LogP contribution in [0, 0.1) is 18.3 Å². The summed E-state index contributed by atoms with van der Waals surface area (Å²) in [6.45, 7) is 8.04. The number of hydrogen-bond donors (Lipinski definition) is 0. The molecular weight excluding hydrogens is 488 g/mol. The van der Waals surface area contributed by atoms with Crippen LogP contribution in [-0.4, -0.2) is 32.8 Å². The molecule has 188 valence electrons. The minimum Gasteiger partial charge on any atom is -0.357 e. The number of anilines is 1. The first-order valence-electron chi connectivity index (χ1n) is 12.6. The van der Waals surface area contributed by atoms with Crippen molar-refractivity contribution in [3.63, 3.8) is 0 Å². The number of thioether (sulfide) groups is 1. The van der Waals surface area contributed by atoms with E-state index in [1.165, 1.54) is 11.8 Å². The third-order valence-corrected chi connectivity index (χ3v) is 8.30. The predicted molar refractivity (Wildman–Crippen MR) is 151 cm³/mol. The summed E-state index contributed by atoms with van der Waals surface area (Å²) >= 11 is 6.93. The minimum absolute atomic E-state index is 0.140. The Morgan fingerprint density at radius 1 is 1.14 bits per heavy atom. The van der Waals surface area contributed by atoms with Crippen molar-refractivity contribution in [2.75, 3.05) is 18.0 Å². The summed E-state index contributed by atoms with van der Waals surface area (Å²) in [5.41, 5.74) is 2.30. The van der Waals surface area contributed by atoms with Gasteiger partial charge in [-0.05, 0) is 50.3 Å². The fourth-order valence-corrected chi connectivity index (χ4v) is 6.42. The van der Waals surface area contributed by atoms with Crippen molar-refractivity contribution in [3.05, 3.63) is 67.8 Å². The molecule has 2 fully saturated rings. The lowest BCUT2D eigenvalue weighted by Gasteiger charge is -2.29. The standard InChI is InChI=1S/C28H32N4O2S2/c1-4-14-31-25(30-15-10-5-6-11-16-30)22(19(2)23(18-29)26(31)33)17-24-27(34)32(28(35)36-24)20(3)21-12-8-7-9-13-21/h7-9,12-13,17,20H,4-6,10-11,14-16H2,1-3H3/b24-17+. The van der Waals surface area contributed by atoms with Gasteiger partial charge in [-0.25, -0.2) is 0 Å². The van der Waals surface area contributed by atoms with Gasteiger partial charge in [0.2, 0.25) is 0 Å². The molecule has 36 heavy (non-hydrogen) atoms. The number of nitrogens with zero attached hydrogens (tertiary/aromatic N) is 4. The highest BCUT2D eigenvalue weighted by Gasteiger charge is 2.36. The first-order valence-corrected chi connectivity index (χ1v) is 13.9. The van der Waals surface area contributed by atoms with E-state index in [0.717, 1.165) is 62.1 Å². The van der Waals surface area contributed by atoms with Crippen molar-refractivity contribution < 1.29 is 4.79 Å². The van der Waals surface area contributed by atoms with Gasteiger partial charge in [-0.15, -0.1) is 0 Å². The van der Waals surface area contributed by atoms with Gasteiger partial charge < -0.3 is 4.90 Å². The molecule has 0 aliphatic carbocycles. The largest absolute Gasteiger partial charge is 0.357 e. The molecule has 0 bridgehead atoms. The van der Waals surface area contributed by atoms with Crippen molar-refractivity contribution in [2.24, 2.45) is 0 Å². The molecule has 0 saturated carbocycles. The normalized spacial score (nSPS) is 18.4. The zero-order chi connectivity index (χ0) is 25.8. The fourth-order valence-electron chi connectivity index (χ4n) is 5.02. The van der Waals surface area contributed by atoms with Gasteiger partial charge in [-0.2, -0.15) is 5.26 Å². The Balaban J connectivity index is 1.85. The summed E-state index contributed by atoms with van der Waals surface area (Å²) < 4.78 is 2.26. The first-order chi connectivity index (χ1) is 17.4. The molecule has 1 unspecified atom stereocenters. The molecule has 1 amide bonds.